The van der Waals surface area contributed by atoms with Crippen molar-refractivity contribution in [2.75, 3.05) is 0 Å². The van der Waals surface area contributed by atoms with E-state index < -0.39 is 0 Å². The van der Waals surface area contributed by atoms with Crippen LogP contribution in [0, 0.1) is 12.7 Å². The van der Waals surface area contributed by atoms with Gasteiger partial charge in [-0.1, -0.05) is 41.6 Å². The first-order valence-electron chi connectivity index (χ1n) is 9.57. The van der Waals surface area contributed by atoms with Crippen LogP contribution in [-0.4, -0.2) is 19.7 Å². The van der Waals surface area contributed by atoms with E-state index in [-0.39, 0.29) is 12.4 Å². The summed E-state index contributed by atoms with van der Waals surface area (Å²) < 4.78 is 20.8. The summed E-state index contributed by atoms with van der Waals surface area (Å²) in [6.45, 7) is 5.15. The molecule has 0 aliphatic heterocycles. The summed E-state index contributed by atoms with van der Waals surface area (Å²) in [6.07, 6.45) is 0. The van der Waals surface area contributed by atoms with Crippen molar-refractivity contribution in [3.8, 4) is 16.3 Å². The first-order valence-corrected chi connectivity index (χ1v) is 11.4. The van der Waals surface area contributed by atoms with Crippen molar-refractivity contribution >= 4 is 23.1 Å². The van der Waals surface area contributed by atoms with Gasteiger partial charge in [-0.15, -0.1) is 21.5 Å². The SMILES string of the molecule is CCn1c(COc2ccc(F)cc2)nnc1SCc1csc(-c2ccc(C)cc2)n1. The van der Waals surface area contributed by atoms with Crippen LogP contribution in [0.15, 0.2) is 59.1 Å². The highest BCUT2D eigenvalue weighted by Crippen LogP contribution is 2.28. The van der Waals surface area contributed by atoms with Crippen molar-refractivity contribution in [3.05, 3.63) is 76.8 Å². The van der Waals surface area contributed by atoms with Crippen molar-refractivity contribution in [3.63, 3.8) is 0 Å². The number of aromatic nitrogens is 4. The molecule has 2 aromatic heterocycles. The van der Waals surface area contributed by atoms with Gasteiger partial charge in [-0.2, -0.15) is 0 Å². The van der Waals surface area contributed by atoms with Gasteiger partial charge in [0.25, 0.3) is 0 Å². The van der Waals surface area contributed by atoms with E-state index in [0.29, 0.717) is 5.75 Å². The van der Waals surface area contributed by atoms with Crippen LogP contribution in [-0.2, 0) is 18.9 Å². The van der Waals surface area contributed by atoms with E-state index in [2.05, 4.69) is 46.8 Å². The molecule has 4 aromatic rings. The Kier molecular flexibility index (Phi) is 6.44. The number of ether oxygens (including phenoxy) is 1. The zero-order valence-corrected chi connectivity index (χ0v) is 18.3. The van der Waals surface area contributed by atoms with Crippen molar-refractivity contribution in [2.45, 2.75) is 37.9 Å². The van der Waals surface area contributed by atoms with Gasteiger partial charge in [0, 0.05) is 23.2 Å². The Morgan fingerprint density at radius 1 is 1.07 bits per heavy atom. The largest absolute Gasteiger partial charge is 0.486 e. The van der Waals surface area contributed by atoms with Gasteiger partial charge in [0.1, 0.15) is 23.2 Å². The van der Waals surface area contributed by atoms with Crippen LogP contribution in [0.25, 0.3) is 10.6 Å². The number of nitrogens with zero attached hydrogens (tertiary/aromatic N) is 4. The second-order valence-corrected chi connectivity index (χ2v) is 8.48. The lowest BCUT2D eigenvalue weighted by atomic mass is 10.2. The number of hydrogen-bond donors (Lipinski definition) is 0. The van der Waals surface area contributed by atoms with Gasteiger partial charge >= 0.3 is 0 Å². The maximum absolute atomic E-state index is 13.0. The highest BCUT2D eigenvalue weighted by molar-refractivity contribution is 7.98. The zero-order chi connectivity index (χ0) is 20.9. The fourth-order valence-corrected chi connectivity index (χ4v) is 4.71. The predicted molar refractivity (Wildman–Crippen MR) is 118 cm³/mol. The van der Waals surface area contributed by atoms with Crippen molar-refractivity contribution in [1.29, 1.82) is 0 Å². The van der Waals surface area contributed by atoms with E-state index in [0.717, 1.165) is 39.5 Å². The molecule has 0 bridgehead atoms. The number of thiazole rings is 1. The molecule has 0 unspecified atom stereocenters. The summed E-state index contributed by atoms with van der Waals surface area (Å²) in [6, 6.07) is 14.4. The van der Waals surface area contributed by atoms with E-state index in [1.807, 2.05) is 11.5 Å². The van der Waals surface area contributed by atoms with Gasteiger partial charge in [0.15, 0.2) is 11.0 Å². The second kappa shape index (κ2) is 9.40. The predicted octanol–water partition coefficient (Wildman–Crippen LogP) is 5.74. The van der Waals surface area contributed by atoms with Gasteiger partial charge in [-0.05, 0) is 38.1 Å². The molecule has 2 aromatic carbocycles. The Morgan fingerprint density at radius 2 is 1.83 bits per heavy atom. The average Bonchev–Trinajstić information content (AvgIpc) is 3.39. The smallest absolute Gasteiger partial charge is 0.191 e. The molecule has 0 spiro atoms. The lowest BCUT2D eigenvalue weighted by Gasteiger charge is -2.08. The molecular weight excluding hydrogens is 419 g/mol. The number of aryl methyl sites for hydroxylation is 1. The van der Waals surface area contributed by atoms with Crippen LogP contribution in [0.4, 0.5) is 4.39 Å². The zero-order valence-electron chi connectivity index (χ0n) is 16.7. The van der Waals surface area contributed by atoms with Crippen molar-refractivity contribution in [1.82, 2.24) is 19.7 Å². The van der Waals surface area contributed by atoms with E-state index in [4.69, 9.17) is 9.72 Å². The first-order chi connectivity index (χ1) is 14.6. The molecule has 0 radical (unpaired) electrons. The van der Waals surface area contributed by atoms with E-state index >= 15 is 0 Å². The number of benzene rings is 2. The van der Waals surface area contributed by atoms with Crippen LogP contribution in [0.1, 0.15) is 24.0 Å². The second-order valence-electron chi connectivity index (χ2n) is 6.68. The summed E-state index contributed by atoms with van der Waals surface area (Å²) >= 11 is 3.26. The number of halogens is 1. The molecule has 2 heterocycles. The third-order valence-corrected chi connectivity index (χ3v) is 6.43. The molecule has 4 rings (SSSR count). The molecule has 154 valence electrons. The summed E-state index contributed by atoms with van der Waals surface area (Å²) in [5, 5.41) is 12.5. The van der Waals surface area contributed by atoms with E-state index in [1.54, 1.807) is 35.2 Å². The minimum Gasteiger partial charge on any atom is -0.486 e. The average molecular weight is 441 g/mol. The standard InChI is InChI=1S/C22H21FN4OS2/c1-3-27-20(12-28-19-10-8-17(23)9-11-19)25-26-22(27)30-14-18-13-29-21(24-18)16-6-4-15(2)5-7-16/h4-11,13H,3,12,14H2,1-2H3. The fourth-order valence-electron chi connectivity index (χ4n) is 2.87. The number of hydrogen-bond acceptors (Lipinski definition) is 6. The molecule has 8 heteroatoms. The Balaban J connectivity index is 1.39. The summed E-state index contributed by atoms with van der Waals surface area (Å²) in [5.41, 5.74) is 3.40. The number of rotatable bonds is 8. The Hall–Kier alpha value is -2.71. The topological polar surface area (TPSA) is 52.8 Å². The normalized spacial score (nSPS) is 11.0. The van der Waals surface area contributed by atoms with Crippen LogP contribution >= 0.6 is 23.1 Å². The van der Waals surface area contributed by atoms with Gasteiger partial charge in [-0.3, -0.25) is 0 Å². The highest BCUT2D eigenvalue weighted by atomic mass is 32.2. The molecular formula is C22H21FN4OS2. The van der Waals surface area contributed by atoms with Gasteiger partial charge in [0.05, 0.1) is 5.69 Å². The van der Waals surface area contributed by atoms with E-state index in [9.17, 15) is 4.39 Å². The molecule has 0 fully saturated rings. The van der Waals surface area contributed by atoms with E-state index in [1.165, 1.54) is 17.7 Å². The fraction of sp³-hybridized carbons (Fsp3) is 0.227. The van der Waals surface area contributed by atoms with Crippen molar-refractivity contribution in [2.24, 2.45) is 0 Å². The molecule has 0 aliphatic carbocycles. The molecule has 0 amide bonds. The van der Waals surface area contributed by atoms with Gasteiger partial charge < -0.3 is 9.30 Å². The van der Waals surface area contributed by atoms with Gasteiger partial charge in [0.2, 0.25) is 0 Å². The molecule has 0 N–H and O–H groups in total. The first kappa shape index (κ1) is 20.6. The third-order valence-electron chi connectivity index (χ3n) is 4.49. The molecule has 0 saturated carbocycles. The van der Waals surface area contributed by atoms with Gasteiger partial charge in [-0.25, -0.2) is 9.37 Å². The van der Waals surface area contributed by atoms with Crippen LogP contribution < -0.4 is 4.74 Å². The maximum atomic E-state index is 13.0. The minimum atomic E-state index is -0.287. The molecule has 0 saturated heterocycles. The molecule has 0 atom stereocenters. The quantitative estimate of drug-likeness (QED) is 0.327. The van der Waals surface area contributed by atoms with Crippen LogP contribution in [0.3, 0.4) is 0 Å². The summed E-state index contributed by atoms with van der Waals surface area (Å²) in [4.78, 5) is 4.76. The highest BCUT2D eigenvalue weighted by Gasteiger charge is 2.13. The van der Waals surface area contributed by atoms with Crippen LogP contribution in [0.2, 0.25) is 0 Å². The summed E-state index contributed by atoms with van der Waals surface area (Å²) in [5.74, 6) is 1.77. The number of thioether (sulfide) groups is 1. The summed E-state index contributed by atoms with van der Waals surface area (Å²) in [7, 11) is 0. The van der Waals surface area contributed by atoms with Crippen molar-refractivity contribution < 1.29 is 9.13 Å². The molecule has 0 aliphatic rings. The molecule has 5 nitrogen and oxygen atoms in total. The third kappa shape index (κ3) is 4.88. The Bertz CT molecular complexity index is 1110. The Labute approximate surface area is 183 Å². The Morgan fingerprint density at radius 3 is 2.57 bits per heavy atom. The minimum absolute atomic E-state index is 0.279. The van der Waals surface area contributed by atoms with Crippen LogP contribution in [0.5, 0.6) is 5.75 Å². The lowest BCUT2D eigenvalue weighted by Crippen LogP contribution is -2.07. The lowest BCUT2D eigenvalue weighted by molar-refractivity contribution is 0.288. The molecule has 30 heavy (non-hydrogen) atoms. The monoisotopic (exact) mass is 440 g/mol. The maximum Gasteiger partial charge on any atom is 0.191 e.